The highest BCUT2D eigenvalue weighted by Gasteiger charge is 2.40. The second-order valence-corrected chi connectivity index (χ2v) is 3.53. The summed E-state index contributed by atoms with van der Waals surface area (Å²) >= 11 is 1.28. The minimum absolute atomic E-state index is 0.0469. The van der Waals surface area contributed by atoms with Crippen LogP contribution < -0.4 is 4.72 Å². The van der Waals surface area contributed by atoms with Gasteiger partial charge in [0, 0.05) is 6.42 Å². The molecule has 1 rings (SSSR count). The van der Waals surface area contributed by atoms with Crippen molar-refractivity contribution in [3.63, 3.8) is 0 Å². The van der Waals surface area contributed by atoms with Gasteiger partial charge in [0.15, 0.2) is 0 Å². The second-order valence-electron chi connectivity index (χ2n) is 2.88. The Kier molecular flexibility index (Phi) is 3.13. The van der Waals surface area contributed by atoms with Crippen LogP contribution in [0.5, 0.6) is 0 Å². The van der Waals surface area contributed by atoms with Gasteiger partial charge >= 0.3 is 0 Å². The fourth-order valence-electron chi connectivity index (χ4n) is 1.38. The van der Waals surface area contributed by atoms with Crippen LogP contribution in [0.25, 0.3) is 0 Å². The topological polar surface area (TPSA) is 12.0 Å². The minimum atomic E-state index is -2.48. The Hall–Kier alpha value is 0.170. The summed E-state index contributed by atoms with van der Waals surface area (Å²) in [5.74, 6) is -2.48. The van der Waals surface area contributed by atoms with Crippen LogP contribution in [0, 0.1) is 0 Å². The third-order valence-electron chi connectivity index (χ3n) is 2.02. The summed E-state index contributed by atoms with van der Waals surface area (Å²) in [7, 11) is 0. The third kappa shape index (κ3) is 2.30. The molecule has 1 aliphatic rings. The smallest absolute Gasteiger partial charge is 0.255 e. The molecule has 1 fully saturated rings. The van der Waals surface area contributed by atoms with Gasteiger partial charge in [0.1, 0.15) is 0 Å². The zero-order chi connectivity index (χ0) is 8.32. The van der Waals surface area contributed by atoms with Crippen molar-refractivity contribution in [3.8, 4) is 0 Å². The summed E-state index contributed by atoms with van der Waals surface area (Å²) in [6.07, 6.45) is 4.02. The van der Waals surface area contributed by atoms with E-state index in [0.717, 1.165) is 6.42 Å². The Morgan fingerprint density at radius 2 is 2.18 bits per heavy atom. The van der Waals surface area contributed by atoms with Gasteiger partial charge < -0.3 is 0 Å². The van der Waals surface area contributed by atoms with E-state index in [1.165, 1.54) is 11.9 Å². The van der Waals surface area contributed by atoms with Gasteiger partial charge in [0.05, 0.1) is 6.04 Å². The summed E-state index contributed by atoms with van der Waals surface area (Å²) in [4.78, 5) is 0. The minimum Gasteiger partial charge on any atom is -0.255 e. The van der Waals surface area contributed by atoms with Crippen molar-refractivity contribution >= 4 is 11.9 Å². The molecule has 1 unspecified atom stereocenters. The lowest BCUT2D eigenvalue weighted by Crippen LogP contribution is -2.44. The van der Waals surface area contributed by atoms with Crippen LogP contribution in [0.1, 0.15) is 25.7 Å². The molecule has 1 saturated carbocycles. The van der Waals surface area contributed by atoms with Crippen LogP contribution in [0.4, 0.5) is 8.78 Å². The highest BCUT2D eigenvalue weighted by Crippen LogP contribution is 2.33. The summed E-state index contributed by atoms with van der Waals surface area (Å²) in [5, 5.41) is 0. The summed E-state index contributed by atoms with van der Waals surface area (Å²) in [6.45, 7) is 0. The predicted octanol–water partition coefficient (Wildman–Crippen LogP) is 2.43. The maximum absolute atomic E-state index is 13.0. The Balaban J connectivity index is 2.45. The van der Waals surface area contributed by atoms with Crippen LogP contribution in [-0.2, 0) is 0 Å². The zero-order valence-electron chi connectivity index (χ0n) is 6.57. The van der Waals surface area contributed by atoms with E-state index in [2.05, 4.69) is 4.72 Å². The molecule has 0 radical (unpaired) electrons. The molecular formula is C7H13F2NS. The summed E-state index contributed by atoms with van der Waals surface area (Å²) < 4.78 is 28.7. The molecular weight excluding hydrogens is 168 g/mol. The first-order chi connectivity index (χ1) is 5.17. The van der Waals surface area contributed by atoms with Crippen molar-refractivity contribution in [2.75, 3.05) is 6.26 Å². The van der Waals surface area contributed by atoms with Crippen molar-refractivity contribution in [3.05, 3.63) is 0 Å². The van der Waals surface area contributed by atoms with E-state index in [9.17, 15) is 8.78 Å². The molecule has 66 valence electrons. The molecule has 4 heteroatoms. The van der Waals surface area contributed by atoms with E-state index >= 15 is 0 Å². The summed E-state index contributed by atoms with van der Waals surface area (Å²) in [6, 6.07) is -0.605. The SMILES string of the molecule is CSNC1CCCCC1(F)F. The molecule has 0 aromatic carbocycles. The lowest BCUT2D eigenvalue weighted by molar-refractivity contribution is -0.0558. The van der Waals surface area contributed by atoms with Crippen molar-refractivity contribution in [1.82, 2.24) is 4.72 Å². The Bertz CT molecular complexity index is 128. The van der Waals surface area contributed by atoms with Gasteiger partial charge in [-0.15, -0.1) is 0 Å². The van der Waals surface area contributed by atoms with Crippen LogP contribution in [0.2, 0.25) is 0 Å². The van der Waals surface area contributed by atoms with Crippen molar-refractivity contribution in [1.29, 1.82) is 0 Å². The maximum atomic E-state index is 13.0. The second kappa shape index (κ2) is 3.72. The van der Waals surface area contributed by atoms with Gasteiger partial charge in [-0.3, -0.25) is 4.72 Å². The van der Waals surface area contributed by atoms with Gasteiger partial charge in [-0.1, -0.05) is 18.4 Å². The third-order valence-corrected chi connectivity index (χ3v) is 2.54. The van der Waals surface area contributed by atoms with Crippen LogP contribution >= 0.6 is 11.9 Å². The number of rotatable bonds is 2. The van der Waals surface area contributed by atoms with Crippen LogP contribution in [0.3, 0.4) is 0 Å². The number of hydrogen-bond acceptors (Lipinski definition) is 2. The molecule has 1 N–H and O–H groups in total. The predicted molar refractivity (Wildman–Crippen MR) is 43.9 cm³/mol. The lowest BCUT2D eigenvalue weighted by Gasteiger charge is -2.30. The highest BCUT2D eigenvalue weighted by atomic mass is 32.2. The standard InChI is InChI=1S/C7H13F2NS/c1-11-10-6-4-2-3-5-7(6,8)9/h6,10H,2-5H2,1H3. The summed E-state index contributed by atoms with van der Waals surface area (Å²) in [5.41, 5.74) is 0. The van der Waals surface area contributed by atoms with Crippen molar-refractivity contribution in [2.45, 2.75) is 37.6 Å². The van der Waals surface area contributed by atoms with E-state index < -0.39 is 12.0 Å². The first-order valence-electron chi connectivity index (χ1n) is 3.83. The van der Waals surface area contributed by atoms with Gasteiger partial charge in [-0.25, -0.2) is 8.78 Å². The van der Waals surface area contributed by atoms with Crippen LogP contribution in [0.15, 0.2) is 0 Å². The largest absolute Gasteiger partial charge is 0.263 e. The molecule has 0 amide bonds. The van der Waals surface area contributed by atoms with E-state index in [0.29, 0.717) is 12.8 Å². The van der Waals surface area contributed by atoms with Crippen molar-refractivity contribution in [2.24, 2.45) is 0 Å². The van der Waals surface area contributed by atoms with Gasteiger partial charge in [-0.05, 0) is 19.1 Å². The molecule has 0 heterocycles. The monoisotopic (exact) mass is 181 g/mol. The average Bonchev–Trinajstić information content (AvgIpc) is 1.94. The van der Waals surface area contributed by atoms with E-state index in [1.807, 2.05) is 0 Å². The van der Waals surface area contributed by atoms with E-state index in [-0.39, 0.29) is 6.42 Å². The molecule has 1 nitrogen and oxygen atoms in total. The van der Waals surface area contributed by atoms with E-state index in [4.69, 9.17) is 0 Å². The number of halogens is 2. The molecule has 1 aliphatic carbocycles. The fourth-order valence-corrected chi connectivity index (χ4v) is 1.96. The molecule has 0 saturated heterocycles. The van der Waals surface area contributed by atoms with Gasteiger partial charge in [-0.2, -0.15) is 0 Å². The van der Waals surface area contributed by atoms with Gasteiger partial charge in [0.25, 0.3) is 5.92 Å². The fraction of sp³-hybridized carbons (Fsp3) is 1.00. The average molecular weight is 181 g/mol. The number of alkyl halides is 2. The maximum Gasteiger partial charge on any atom is 0.263 e. The highest BCUT2D eigenvalue weighted by molar-refractivity contribution is 7.96. The molecule has 0 aromatic rings. The zero-order valence-corrected chi connectivity index (χ0v) is 7.39. The molecule has 11 heavy (non-hydrogen) atoms. The Labute approximate surface area is 70.1 Å². The first kappa shape index (κ1) is 9.26. The Morgan fingerprint density at radius 1 is 1.45 bits per heavy atom. The lowest BCUT2D eigenvalue weighted by atomic mass is 9.92. The number of nitrogens with one attached hydrogen (secondary N) is 1. The molecule has 0 spiro atoms. The first-order valence-corrected chi connectivity index (χ1v) is 5.05. The van der Waals surface area contributed by atoms with Crippen LogP contribution in [-0.4, -0.2) is 18.2 Å². The van der Waals surface area contributed by atoms with Gasteiger partial charge in [0.2, 0.25) is 0 Å². The Morgan fingerprint density at radius 3 is 2.73 bits per heavy atom. The molecule has 0 bridgehead atoms. The molecule has 0 aliphatic heterocycles. The van der Waals surface area contributed by atoms with Crippen molar-refractivity contribution < 1.29 is 8.78 Å². The number of hydrogen-bond donors (Lipinski definition) is 1. The normalized spacial score (nSPS) is 30.3. The molecule has 0 aromatic heterocycles. The quantitative estimate of drug-likeness (QED) is 0.657. The van der Waals surface area contributed by atoms with E-state index in [1.54, 1.807) is 6.26 Å². The molecule has 1 atom stereocenters.